The lowest BCUT2D eigenvalue weighted by Gasteiger charge is -2.07. The van der Waals surface area contributed by atoms with Crippen LogP contribution in [0.25, 0.3) is 11.0 Å². The number of nitrogens with two attached hydrogens (primary N) is 1. The second-order valence-corrected chi connectivity index (χ2v) is 4.92. The van der Waals surface area contributed by atoms with Crippen molar-refractivity contribution >= 4 is 11.0 Å². The Balaban J connectivity index is 1.90. The highest BCUT2D eigenvalue weighted by molar-refractivity contribution is 5.82. The summed E-state index contributed by atoms with van der Waals surface area (Å²) in [6.07, 6.45) is 4.37. The maximum Gasteiger partial charge on any atom is 0.170 e. The Kier molecular flexibility index (Phi) is 2.04. The fraction of sp³-hybridized carbons (Fsp3) is 0.462. The van der Waals surface area contributed by atoms with Crippen molar-refractivity contribution in [1.29, 1.82) is 0 Å². The van der Waals surface area contributed by atoms with Gasteiger partial charge in [-0.25, -0.2) is 0 Å². The number of aromatic nitrogens is 1. The van der Waals surface area contributed by atoms with Gasteiger partial charge in [0.1, 0.15) is 0 Å². The van der Waals surface area contributed by atoms with Crippen LogP contribution in [0.2, 0.25) is 0 Å². The number of nitrogens with zero attached hydrogens (tertiary/aromatic N) is 1. The standard InChI is InChI=1S/C13H16N2O/c1-9-11-4-2-3-10(12(11)16-15-9)5-6-13(14)7-8-13/h2-4H,5-8,14H2,1H3. The van der Waals surface area contributed by atoms with E-state index in [-0.39, 0.29) is 5.54 Å². The number of fused-ring (bicyclic) bond motifs is 1. The van der Waals surface area contributed by atoms with Gasteiger partial charge in [-0.05, 0) is 44.2 Å². The lowest BCUT2D eigenvalue weighted by molar-refractivity contribution is 0.447. The van der Waals surface area contributed by atoms with Crippen molar-refractivity contribution in [2.45, 2.75) is 38.1 Å². The van der Waals surface area contributed by atoms with Gasteiger partial charge in [0.2, 0.25) is 0 Å². The number of hydrogen-bond donors (Lipinski definition) is 1. The summed E-state index contributed by atoms with van der Waals surface area (Å²) in [5, 5.41) is 5.13. The average Bonchev–Trinajstić information content (AvgIpc) is 2.90. The van der Waals surface area contributed by atoms with Crippen LogP contribution in [0.5, 0.6) is 0 Å². The molecule has 1 fully saturated rings. The molecule has 0 amide bonds. The summed E-state index contributed by atoms with van der Waals surface area (Å²) in [7, 11) is 0. The second kappa shape index (κ2) is 3.32. The predicted octanol–water partition coefficient (Wildman–Crippen LogP) is 2.56. The van der Waals surface area contributed by atoms with Crippen molar-refractivity contribution in [3.63, 3.8) is 0 Å². The van der Waals surface area contributed by atoms with E-state index >= 15 is 0 Å². The molecule has 1 heterocycles. The first-order valence-electron chi connectivity index (χ1n) is 5.81. The van der Waals surface area contributed by atoms with Gasteiger partial charge in [-0.2, -0.15) is 0 Å². The molecular weight excluding hydrogens is 200 g/mol. The molecule has 2 N–H and O–H groups in total. The summed E-state index contributed by atoms with van der Waals surface area (Å²) >= 11 is 0. The van der Waals surface area contributed by atoms with Crippen molar-refractivity contribution in [3.8, 4) is 0 Å². The van der Waals surface area contributed by atoms with Gasteiger partial charge >= 0.3 is 0 Å². The molecule has 1 aromatic carbocycles. The molecule has 16 heavy (non-hydrogen) atoms. The summed E-state index contributed by atoms with van der Waals surface area (Å²) < 4.78 is 5.37. The summed E-state index contributed by atoms with van der Waals surface area (Å²) in [6, 6.07) is 6.23. The molecule has 0 unspecified atom stereocenters. The topological polar surface area (TPSA) is 52.0 Å². The summed E-state index contributed by atoms with van der Waals surface area (Å²) in [5.74, 6) is 0. The minimum absolute atomic E-state index is 0.108. The highest BCUT2D eigenvalue weighted by Crippen LogP contribution is 2.37. The van der Waals surface area contributed by atoms with Crippen LogP contribution in [-0.2, 0) is 6.42 Å². The van der Waals surface area contributed by atoms with Crippen LogP contribution in [0.1, 0.15) is 30.5 Å². The van der Waals surface area contributed by atoms with Crippen molar-refractivity contribution in [2.24, 2.45) is 5.73 Å². The van der Waals surface area contributed by atoms with E-state index in [1.54, 1.807) is 0 Å². The van der Waals surface area contributed by atoms with E-state index in [1.807, 2.05) is 6.92 Å². The molecular formula is C13H16N2O. The Labute approximate surface area is 94.6 Å². The second-order valence-electron chi connectivity index (χ2n) is 4.92. The maximum absolute atomic E-state index is 6.10. The lowest BCUT2D eigenvalue weighted by Crippen LogP contribution is -2.22. The number of para-hydroxylation sites is 1. The largest absolute Gasteiger partial charge is 0.356 e. The first-order chi connectivity index (χ1) is 7.68. The molecule has 1 aliphatic rings. The Hall–Kier alpha value is -1.35. The zero-order valence-corrected chi connectivity index (χ0v) is 9.49. The van der Waals surface area contributed by atoms with E-state index in [1.165, 1.54) is 18.4 Å². The molecule has 2 aromatic rings. The molecule has 1 aliphatic carbocycles. The molecule has 1 aromatic heterocycles. The molecule has 0 saturated heterocycles. The van der Waals surface area contributed by atoms with Crippen LogP contribution in [-0.4, -0.2) is 10.7 Å². The van der Waals surface area contributed by atoms with Gasteiger partial charge in [0.15, 0.2) is 5.58 Å². The van der Waals surface area contributed by atoms with Crippen LogP contribution >= 0.6 is 0 Å². The number of aryl methyl sites for hydroxylation is 2. The van der Waals surface area contributed by atoms with Crippen LogP contribution in [0.4, 0.5) is 0 Å². The number of rotatable bonds is 3. The predicted molar refractivity (Wildman–Crippen MR) is 63.2 cm³/mol. The SMILES string of the molecule is Cc1noc2c(CCC3(N)CC3)cccc12. The number of hydrogen-bond acceptors (Lipinski definition) is 3. The van der Waals surface area contributed by atoms with Crippen molar-refractivity contribution < 1.29 is 4.52 Å². The summed E-state index contributed by atoms with van der Waals surface area (Å²) in [6.45, 7) is 1.97. The molecule has 3 heteroatoms. The highest BCUT2D eigenvalue weighted by Gasteiger charge is 2.37. The molecule has 3 rings (SSSR count). The van der Waals surface area contributed by atoms with Crippen LogP contribution in [0.15, 0.2) is 22.7 Å². The smallest absolute Gasteiger partial charge is 0.170 e. The maximum atomic E-state index is 6.10. The fourth-order valence-corrected chi connectivity index (χ4v) is 2.13. The van der Waals surface area contributed by atoms with Crippen LogP contribution < -0.4 is 5.73 Å². The van der Waals surface area contributed by atoms with Gasteiger partial charge < -0.3 is 10.3 Å². The van der Waals surface area contributed by atoms with Gasteiger partial charge in [-0.1, -0.05) is 17.3 Å². The first-order valence-corrected chi connectivity index (χ1v) is 5.81. The highest BCUT2D eigenvalue weighted by atomic mass is 16.5. The van der Waals surface area contributed by atoms with Crippen LogP contribution in [0.3, 0.4) is 0 Å². The van der Waals surface area contributed by atoms with Gasteiger partial charge in [0, 0.05) is 10.9 Å². The number of benzene rings is 1. The summed E-state index contributed by atoms with van der Waals surface area (Å²) in [4.78, 5) is 0. The normalized spacial score (nSPS) is 17.9. The minimum Gasteiger partial charge on any atom is -0.356 e. The molecule has 3 nitrogen and oxygen atoms in total. The first kappa shape index (κ1) is 9.85. The summed E-state index contributed by atoms with van der Waals surface area (Å²) in [5.41, 5.74) is 9.34. The van der Waals surface area contributed by atoms with Crippen molar-refractivity contribution in [2.75, 3.05) is 0 Å². The van der Waals surface area contributed by atoms with E-state index in [4.69, 9.17) is 10.3 Å². The quantitative estimate of drug-likeness (QED) is 0.857. The fourth-order valence-electron chi connectivity index (χ4n) is 2.13. The van der Waals surface area contributed by atoms with E-state index in [0.29, 0.717) is 0 Å². The van der Waals surface area contributed by atoms with Gasteiger partial charge in [-0.3, -0.25) is 0 Å². The van der Waals surface area contributed by atoms with E-state index in [2.05, 4.69) is 23.4 Å². The van der Waals surface area contributed by atoms with Crippen molar-refractivity contribution in [1.82, 2.24) is 5.16 Å². The molecule has 84 valence electrons. The molecule has 0 atom stereocenters. The van der Waals surface area contributed by atoms with Gasteiger partial charge in [0.05, 0.1) is 5.69 Å². The van der Waals surface area contributed by atoms with Crippen molar-refractivity contribution in [3.05, 3.63) is 29.5 Å². The lowest BCUT2D eigenvalue weighted by atomic mass is 10.0. The Morgan fingerprint density at radius 3 is 3.00 bits per heavy atom. The third-order valence-electron chi connectivity index (χ3n) is 3.54. The molecule has 0 spiro atoms. The third-order valence-corrected chi connectivity index (χ3v) is 3.54. The van der Waals surface area contributed by atoms with Gasteiger partial charge in [-0.15, -0.1) is 0 Å². The minimum atomic E-state index is 0.108. The van der Waals surface area contributed by atoms with E-state index in [0.717, 1.165) is 29.5 Å². The van der Waals surface area contributed by atoms with Gasteiger partial charge in [0.25, 0.3) is 0 Å². The zero-order valence-electron chi connectivity index (χ0n) is 9.49. The van der Waals surface area contributed by atoms with E-state index in [9.17, 15) is 0 Å². The Morgan fingerprint density at radius 1 is 1.44 bits per heavy atom. The Morgan fingerprint density at radius 2 is 2.25 bits per heavy atom. The third kappa shape index (κ3) is 1.61. The van der Waals surface area contributed by atoms with Crippen LogP contribution in [0, 0.1) is 6.92 Å². The zero-order chi connectivity index (χ0) is 11.2. The molecule has 0 radical (unpaired) electrons. The Bertz CT molecular complexity index is 526. The van der Waals surface area contributed by atoms with E-state index < -0.39 is 0 Å². The monoisotopic (exact) mass is 216 g/mol. The molecule has 0 aliphatic heterocycles. The molecule has 1 saturated carbocycles. The molecule has 0 bridgehead atoms. The average molecular weight is 216 g/mol.